The van der Waals surface area contributed by atoms with E-state index in [0.29, 0.717) is 5.41 Å². The van der Waals surface area contributed by atoms with Crippen LogP contribution in [0.2, 0.25) is 0 Å². The van der Waals surface area contributed by atoms with Crippen LogP contribution in [0, 0.1) is 11.3 Å². The van der Waals surface area contributed by atoms with E-state index in [1.807, 2.05) is 0 Å². The van der Waals surface area contributed by atoms with E-state index in [-0.39, 0.29) is 0 Å². The van der Waals surface area contributed by atoms with Gasteiger partial charge in [0.05, 0.1) is 0 Å². The van der Waals surface area contributed by atoms with Crippen molar-refractivity contribution >= 4 is 0 Å². The Bertz CT molecular complexity index is 230. The fraction of sp³-hybridized carbons (Fsp3) is 0.889. The van der Waals surface area contributed by atoms with E-state index in [1.54, 1.807) is 0 Å². The molecule has 0 atom stereocenters. The van der Waals surface area contributed by atoms with Crippen molar-refractivity contribution in [2.75, 3.05) is 0 Å². The zero-order valence-corrected chi connectivity index (χ0v) is 13.1. The van der Waals surface area contributed by atoms with Gasteiger partial charge in [-0.25, -0.2) is 0 Å². The first-order chi connectivity index (χ1) is 8.58. The van der Waals surface area contributed by atoms with Crippen LogP contribution >= 0.6 is 0 Å². The largest absolute Gasteiger partial charge is 0.0999 e. The van der Waals surface area contributed by atoms with Gasteiger partial charge in [-0.1, -0.05) is 65.0 Å². The summed E-state index contributed by atoms with van der Waals surface area (Å²) in [5.74, 6) is 0.774. The predicted octanol–water partition coefficient (Wildman–Crippen LogP) is 6.51. The monoisotopic (exact) mass is 250 g/mol. The molecule has 1 fully saturated rings. The summed E-state index contributed by atoms with van der Waals surface area (Å²) in [6.45, 7) is 11.2. The van der Waals surface area contributed by atoms with Crippen molar-refractivity contribution < 1.29 is 0 Å². The number of hydrogen-bond donors (Lipinski definition) is 0. The van der Waals surface area contributed by atoms with Crippen molar-refractivity contribution in [3.8, 4) is 0 Å². The number of allylic oxidation sites excluding steroid dienone is 1. The molecule has 0 aromatic carbocycles. The molecule has 0 N–H and O–H groups in total. The molecule has 0 aliphatic heterocycles. The maximum atomic E-state index is 4.29. The average molecular weight is 250 g/mol. The van der Waals surface area contributed by atoms with Gasteiger partial charge < -0.3 is 0 Å². The standard InChI is InChI=1S/C18H34/c1-5-6-11-18(12-8-7-9-13-18)14-10-17(4)15-16(2)3/h16H,4-15H2,1-3H3. The van der Waals surface area contributed by atoms with E-state index in [1.165, 1.54) is 76.2 Å². The highest BCUT2D eigenvalue weighted by molar-refractivity contribution is 4.97. The second-order valence-electron chi connectivity index (χ2n) is 7.01. The highest BCUT2D eigenvalue weighted by Crippen LogP contribution is 2.45. The Labute approximate surface area is 115 Å². The zero-order chi connectivity index (χ0) is 13.4. The molecule has 106 valence electrons. The molecular weight excluding hydrogens is 216 g/mol. The quantitative estimate of drug-likeness (QED) is 0.431. The minimum absolute atomic E-state index is 0.689. The van der Waals surface area contributed by atoms with Crippen molar-refractivity contribution in [2.24, 2.45) is 11.3 Å². The summed E-state index contributed by atoms with van der Waals surface area (Å²) < 4.78 is 0. The van der Waals surface area contributed by atoms with Crippen molar-refractivity contribution in [3.63, 3.8) is 0 Å². The lowest BCUT2D eigenvalue weighted by Gasteiger charge is -2.38. The third-order valence-corrected chi connectivity index (χ3v) is 4.68. The van der Waals surface area contributed by atoms with E-state index in [4.69, 9.17) is 0 Å². The number of unbranched alkanes of at least 4 members (excludes halogenated alkanes) is 1. The lowest BCUT2D eigenvalue weighted by molar-refractivity contribution is 0.152. The van der Waals surface area contributed by atoms with Gasteiger partial charge in [0.25, 0.3) is 0 Å². The molecule has 1 aliphatic carbocycles. The van der Waals surface area contributed by atoms with Crippen LogP contribution in [0.5, 0.6) is 0 Å². The van der Waals surface area contributed by atoms with Crippen LogP contribution in [-0.4, -0.2) is 0 Å². The summed E-state index contributed by atoms with van der Waals surface area (Å²) >= 11 is 0. The topological polar surface area (TPSA) is 0 Å². The Morgan fingerprint density at radius 1 is 1.11 bits per heavy atom. The molecule has 0 radical (unpaired) electrons. The van der Waals surface area contributed by atoms with E-state index in [2.05, 4.69) is 27.4 Å². The normalized spacial score (nSPS) is 19.1. The summed E-state index contributed by atoms with van der Waals surface area (Å²) in [6, 6.07) is 0. The molecule has 1 aliphatic rings. The Kier molecular flexibility index (Phi) is 7.04. The predicted molar refractivity (Wildman–Crippen MR) is 82.9 cm³/mol. The SMILES string of the molecule is C=C(CCC1(CCCC)CCCCC1)CC(C)C. The summed E-state index contributed by atoms with van der Waals surface area (Å²) in [5, 5.41) is 0. The van der Waals surface area contributed by atoms with Crippen LogP contribution in [0.25, 0.3) is 0 Å². The minimum Gasteiger partial charge on any atom is -0.0999 e. The first-order valence-corrected chi connectivity index (χ1v) is 8.24. The molecule has 18 heavy (non-hydrogen) atoms. The fourth-order valence-electron chi connectivity index (χ4n) is 3.60. The Morgan fingerprint density at radius 3 is 2.33 bits per heavy atom. The van der Waals surface area contributed by atoms with E-state index >= 15 is 0 Å². The highest BCUT2D eigenvalue weighted by Gasteiger charge is 2.30. The Hall–Kier alpha value is -0.260. The fourth-order valence-corrected chi connectivity index (χ4v) is 3.60. The van der Waals surface area contributed by atoms with Crippen LogP contribution in [0.15, 0.2) is 12.2 Å². The molecule has 0 saturated heterocycles. The molecular formula is C18H34. The van der Waals surface area contributed by atoms with E-state index < -0.39 is 0 Å². The van der Waals surface area contributed by atoms with Gasteiger partial charge in [0.2, 0.25) is 0 Å². The first kappa shape index (κ1) is 15.8. The van der Waals surface area contributed by atoms with Crippen molar-refractivity contribution in [2.45, 2.75) is 91.4 Å². The minimum atomic E-state index is 0.689. The van der Waals surface area contributed by atoms with Crippen LogP contribution < -0.4 is 0 Å². The molecule has 1 rings (SSSR count). The lowest BCUT2D eigenvalue weighted by atomic mass is 9.68. The summed E-state index contributed by atoms with van der Waals surface area (Å²) in [6.07, 6.45) is 15.6. The third-order valence-electron chi connectivity index (χ3n) is 4.68. The second-order valence-corrected chi connectivity index (χ2v) is 7.01. The summed E-state index contributed by atoms with van der Waals surface area (Å²) in [7, 11) is 0. The number of rotatable bonds is 8. The van der Waals surface area contributed by atoms with Gasteiger partial charge in [-0.3, -0.25) is 0 Å². The molecule has 0 bridgehead atoms. The van der Waals surface area contributed by atoms with Gasteiger partial charge in [0.1, 0.15) is 0 Å². The van der Waals surface area contributed by atoms with Gasteiger partial charge in [0.15, 0.2) is 0 Å². The van der Waals surface area contributed by atoms with Crippen LogP contribution in [0.1, 0.15) is 91.4 Å². The third kappa shape index (κ3) is 5.59. The van der Waals surface area contributed by atoms with E-state index in [0.717, 1.165) is 5.92 Å². The molecule has 0 nitrogen and oxygen atoms in total. The maximum Gasteiger partial charge on any atom is -0.0294 e. The molecule has 0 aromatic rings. The van der Waals surface area contributed by atoms with Crippen molar-refractivity contribution in [1.82, 2.24) is 0 Å². The summed E-state index contributed by atoms with van der Waals surface area (Å²) in [4.78, 5) is 0. The van der Waals surface area contributed by atoms with Gasteiger partial charge in [-0.15, -0.1) is 0 Å². The molecule has 0 amide bonds. The summed E-state index contributed by atoms with van der Waals surface area (Å²) in [5.41, 5.74) is 2.18. The Morgan fingerprint density at radius 2 is 1.78 bits per heavy atom. The van der Waals surface area contributed by atoms with Crippen LogP contribution in [0.4, 0.5) is 0 Å². The smallest absolute Gasteiger partial charge is 0.0294 e. The van der Waals surface area contributed by atoms with Gasteiger partial charge in [-0.05, 0) is 49.9 Å². The maximum absolute atomic E-state index is 4.29. The second kappa shape index (κ2) is 8.02. The average Bonchev–Trinajstić information content (AvgIpc) is 2.35. The molecule has 0 spiro atoms. The zero-order valence-electron chi connectivity index (χ0n) is 13.1. The lowest BCUT2D eigenvalue weighted by Crippen LogP contribution is -2.24. The van der Waals surface area contributed by atoms with Crippen LogP contribution in [-0.2, 0) is 0 Å². The number of hydrogen-bond acceptors (Lipinski definition) is 0. The molecule has 1 saturated carbocycles. The van der Waals surface area contributed by atoms with Crippen molar-refractivity contribution in [1.29, 1.82) is 0 Å². The molecule has 0 heterocycles. The van der Waals surface area contributed by atoms with Gasteiger partial charge >= 0.3 is 0 Å². The highest BCUT2D eigenvalue weighted by atomic mass is 14.4. The van der Waals surface area contributed by atoms with Crippen molar-refractivity contribution in [3.05, 3.63) is 12.2 Å². The molecule has 0 heteroatoms. The Balaban J connectivity index is 2.42. The van der Waals surface area contributed by atoms with E-state index in [9.17, 15) is 0 Å². The molecule has 0 aromatic heterocycles. The van der Waals surface area contributed by atoms with Gasteiger partial charge in [0, 0.05) is 0 Å². The van der Waals surface area contributed by atoms with Gasteiger partial charge in [-0.2, -0.15) is 0 Å². The molecule has 0 unspecified atom stereocenters. The van der Waals surface area contributed by atoms with Crippen LogP contribution in [0.3, 0.4) is 0 Å². The first-order valence-electron chi connectivity index (χ1n) is 8.24.